The normalized spacial score (nSPS) is 24.9. The highest BCUT2D eigenvalue weighted by Crippen LogP contribution is 2.30. The van der Waals surface area contributed by atoms with Crippen molar-refractivity contribution in [2.75, 3.05) is 6.61 Å². The Morgan fingerprint density at radius 2 is 1.53 bits per heavy atom. The Hall–Kier alpha value is -3.14. The van der Waals surface area contributed by atoms with Crippen LogP contribution in [0.25, 0.3) is 0 Å². The van der Waals surface area contributed by atoms with Crippen molar-refractivity contribution in [3.8, 4) is 5.75 Å². The van der Waals surface area contributed by atoms with E-state index in [0.29, 0.717) is 11.7 Å². The smallest absolute Gasteiger partial charge is 0.303 e. The molecule has 1 saturated heterocycles. The molecule has 1 heterocycles. The quantitative estimate of drug-likeness (QED) is 0.419. The fraction of sp³-hybridized carbons (Fsp3) is 0.583. The van der Waals surface area contributed by atoms with Gasteiger partial charge in [-0.2, -0.15) is 0 Å². The van der Waals surface area contributed by atoms with Gasteiger partial charge in [-0.1, -0.05) is 26.0 Å². The van der Waals surface area contributed by atoms with E-state index in [0.717, 1.165) is 12.0 Å². The van der Waals surface area contributed by atoms with E-state index in [4.69, 9.17) is 23.7 Å². The molecule has 0 radical (unpaired) electrons. The molecule has 1 aromatic carbocycles. The van der Waals surface area contributed by atoms with Gasteiger partial charge in [-0.25, -0.2) is 0 Å². The molecular formula is C24H33NO9. The number of hydrogen-bond acceptors (Lipinski definition) is 9. The van der Waals surface area contributed by atoms with Crippen LogP contribution in [0.2, 0.25) is 0 Å². The van der Waals surface area contributed by atoms with Crippen molar-refractivity contribution in [1.82, 2.24) is 5.32 Å². The summed E-state index contributed by atoms with van der Waals surface area (Å²) in [6.07, 6.45) is -3.51. The molecule has 1 amide bonds. The zero-order valence-corrected chi connectivity index (χ0v) is 20.4. The molecular weight excluding hydrogens is 446 g/mol. The van der Waals surface area contributed by atoms with Crippen molar-refractivity contribution in [3.05, 3.63) is 29.8 Å². The Kier molecular flexibility index (Phi) is 9.85. The van der Waals surface area contributed by atoms with E-state index in [9.17, 15) is 19.2 Å². The van der Waals surface area contributed by atoms with Crippen LogP contribution in [0, 0.1) is 0 Å². The summed E-state index contributed by atoms with van der Waals surface area (Å²) in [6, 6.07) is 6.39. The van der Waals surface area contributed by atoms with E-state index in [2.05, 4.69) is 19.2 Å². The molecule has 10 heteroatoms. The summed E-state index contributed by atoms with van der Waals surface area (Å²) in [5, 5.41) is 2.67. The molecule has 1 aromatic rings. The molecule has 0 saturated carbocycles. The van der Waals surface area contributed by atoms with Crippen LogP contribution in [0.1, 0.15) is 59.4 Å². The Labute approximate surface area is 199 Å². The van der Waals surface area contributed by atoms with E-state index in [1.54, 1.807) is 12.1 Å². The van der Waals surface area contributed by atoms with Gasteiger partial charge in [0.2, 0.25) is 12.2 Å². The van der Waals surface area contributed by atoms with Gasteiger partial charge in [0.15, 0.2) is 12.2 Å². The van der Waals surface area contributed by atoms with Crippen LogP contribution in [-0.2, 0) is 38.1 Å². The van der Waals surface area contributed by atoms with Crippen LogP contribution < -0.4 is 10.1 Å². The summed E-state index contributed by atoms with van der Waals surface area (Å²) in [5.41, 5.74) is 1.14. The Bertz CT molecular complexity index is 870. The molecule has 0 spiro atoms. The predicted molar refractivity (Wildman–Crippen MR) is 120 cm³/mol. The lowest BCUT2D eigenvalue weighted by molar-refractivity contribution is -0.257. The molecule has 0 bridgehead atoms. The van der Waals surface area contributed by atoms with Gasteiger partial charge in [-0.3, -0.25) is 19.2 Å². The largest absolute Gasteiger partial charge is 0.463 e. The van der Waals surface area contributed by atoms with E-state index in [1.165, 1.54) is 27.7 Å². The third kappa shape index (κ3) is 7.72. The molecule has 188 valence electrons. The number of hydrogen-bond donors (Lipinski definition) is 1. The maximum atomic E-state index is 12.0. The van der Waals surface area contributed by atoms with Crippen molar-refractivity contribution >= 4 is 23.8 Å². The van der Waals surface area contributed by atoms with Crippen LogP contribution in [0.3, 0.4) is 0 Å². The maximum Gasteiger partial charge on any atom is 0.303 e. The minimum Gasteiger partial charge on any atom is -0.463 e. The molecule has 1 N–H and O–H groups in total. The summed E-state index contributed by atoms with van der Waals surface area (Å²) in [7, 11) is 0. The van der Waals surface area contributed by atoms with Crippen molar-refractivity contribution < 1.29 is 42.9 Å². The van der Waals surface area contributed by atoms with Gasteiger partial charge in [0.25, 0.3) is 0 Å². The Morgan fingerprint density at radius 3 is 2.03 bits per heavy atom. The minimum absolute atomic E-state index is 0.287. The van der Waals surface area contributed by atoms with E-state index >= 15 is 0 Å². The second kappa shape index (κ2) is 12.4. The third-order valence-electron chi connectivity index (χ3n) is 5.38. The van der Waals surface area contributed by atoms with Crippen molar-refractivity contribution in [2.45, 2.75) is 84.5 Å². The molecule has 0 aromatic heterocycles. The number of carbonyl (C=O) groups is 4. The lowest BCUT2D eigenvalue weighted by Gasteiger charge is -2.44. The number of ether oxygens (including phenoxy) is 5. The van der Waals surface area contributed by atoms with E-state index < -0.39 is 54.5 Å². The van der Waals surface area contributed by atoms with Gasteiger partial charge >= 0.3 is 17.9 Å². The zero-order chi connectivity index (χ0) is 25.4. The van der Waals surface area contributed by atoms with E-state index in [1.807, 2.05) is 12.1 Å². The van der Waals surface area contributed by atoms with Crippen LogP contribution in [0.5, 0.6) is 5.75 Å². The Balaban J connectivity index is 2.41. The molecule has 1 aliphatic rings. The fourth-order valence-corrected chi connectivity index (χ4v) is 3.64. The molecule has 0 unspecified atom stereocenters. The summed E-state index contributed by atoms with van der Waals surface area (Å²) in [4.78, 5) is 47.1. The van der Waals surface area contributed by atoms with Crippen LogP contribution in [0.4, 0.5) is 0 Å². The first-order valence-corrected chi connectivity index (χ1v) is 11.2. The predicted octanol–water partition coefficient (Wildman–Crippen LogP) is 2.23. The molecule has 34 heavy (non-hydrogen) atoms. The number of esters is 3. The highest BCUT2D eigenvalue weighted by Gasteiger charge is 2.51. The monoisotopic (exact) mass is 479 g/mol. The molecule has 1 fully saturated rings. The summed E-state index contributed by atoms with van der Waals surface area (Å²) in [6.45, 7) is 8.81. The second-order valence-electron chi connectivity index (χ2n) is 8.22. The molecule has 1 aliphatic heterocycles. The summed E-state index contributed by atoms with van der Waals surface area (Å²) >= 11 is 0. The van der Waals surface area contributed by atoms with Gasteiger partial charge in [0.1, 0.15) is 24.5 Å². The SMILES string of the molecule is CC[C@H](C)c1ccc(O[C@H]2O[C@@H](COC(C)=O)[C@@H](OC(C)=O)[C@@H](OC(C)=O)[C@@H]2NC(C)=O)cc1. The number of rotatable bonds is 9. The molecule has 0 aliphatic carbocycles. The molecule has 10 nitrogen and oxygen atoms in total. The van der Waals surface area contributed by atoms with Gasteiger partial charge < -0.3 is 29.0 Å². The van der Waals surface area contributed by atoms with Gasteiger partial charge in [-0.15, -0.1) is 0 Å². The van der Waals surface area contributed by atoms with Gasteiger partial charge in [0, 0.05) is 27.7 Å². The lowest BCUT2D eigenvalue weighted by atomic mass is 9.96. The van der Waals surface area contributed by atoms with E-state index in [-0.39, 0.29) is 6.61 Å². The van der Waals surface area contributed by atoms with Crippen molar-refractivity contribution in [2.24, 2.45) is 0 Å². The number of amides is 1. The minimum atomic E-state index is -1.16. The molecule has 2 rings (SSSR count). The van der Waals surface area contributed by atoms with Gasteiger partial charge in [0.05, 0.1) is 0 Å². The number of nitrogens with one attached hydrogen (secondary N) is 1. The highest BCUT2D eigenvalue weighted by atomic mass is 16.7. The average Bonchev–Trinajstić information content (AvgIpc) is 2.75. The zero-order valence-electron chi connectivity index (χ0n) is 20.4. The maximum absolute atomic E-state index is 12.0. The van der Waals surface area contributed by atoms with Crippen molar-refractivity contribution in [3.63, 3.8) is 0 Å². The fourth-order valence-electron chi connectivity index (χ4n) is 3.64. The van der Waals surface area contributed by atoms with Crippen molar-refractivity contribution in [1.29, 1.82) is 0 Å². The number of benzene rings is 1. The average molecular weight is 480 g/mol. The second-order valence-corrected chi connectivity index (χ2v) is 8.22. The number of carbonyl (C=O) groups excluding carboxylic acids is 4. The molecule has 6 atom stereocenters. The van der Waals surface area contributed by atoms with Crippen LogP contribution in [0.15, 0.2) is 24.3 Å². The standard InChI is InChI=1S/C24H33NO9/c1-7-13(2)18-8-10-19(11-9-18)33-24-21(25-14(3)26)23(32-17(6)29)22(31-16(5)28)20(34-24)12-30-15(4)27/h8-11,13,20-24H,7,12H2,1-6H3,(H,25,26)/t13-,20-,21-,22+,23-,24-/m0/s1. The first-order valence-electron chi connectivity index (χ1n) is 11.2. The third-order valence-corrected chi connectivity index (χ3v) is 5.38. The van der Waals surface area contributed by atoms with Crippen LogP contribution >= 0.6 is 0 Å². The summed E-state index contributed by atoms with van der Waals surface area (Å²) < 4.78 is 27.9. The highest BCUT2D eigenvalue weighted by molar-refractivity contribution is 5.73. The van der Waals surface area contributed by atoms with Gasteiger partial charge in [-0.05, 0) is 30.0 Å². The Morgan fingerprint density at radius 1 is 0.941 bits per heavy atom. The summed E-state index contributed by atoms with van der Waals surface area (Å²) in [5.74, 6) is -1.52. The first kappa shape index (κ1) is 27.1. The first-order chi connectivity index (χ1) is 16.0. The van der Waals surface area contributed by atoms with Crippen LogP contribution in [-0.4, -0.2) is 61.1 Å². The topological polar surface area (TPSA) is 126 Å². The lowest BCUT2D eigenvalue weighted by Crippen LogP contribution is -2.67.